The molecular weight excluding hydrogens is 494 g/mol. The molecule has 1 saturated carbocycles. The van der Waals surface area contributed by atoms with Gasteiger partial charge in [0, 0.05) is 18.5 Å². The van der Waals surface area contributed by atoms with Crippen LogP contribution in [0.1, 0.15) is 30.0 Å². The summed E-state index contributed by atoms with van der Waals surface area (Å²) in [5.74, 6) is 0.491. The van der Waals surface area contributed by atoms with Crippen LogP contribution in [0.2, 0.25) is 5.02 Å². The molecule has 1 saturated heterocycles. The van der Waals surface area contributed by atoms with E-state index in [1.54, 1.807) is 4.68 Å². The van der Waals surface area contributed by atoms with Crippen LogP contribution >= 0.6 is 11.6 Å². The summed E-state index contributed by atoms with van der Waals surface area (Å²) in [4.78, 5) is 15.4. The summed E-state index contributed by atoms with van der Waals surface area (Å²) >= 11 is 6.70. The van der Waals surface area contributed by atoms with Gasteiger partial charge in [-0.25, -0.2) is 9.48 Å². The molecule has 2 aliphatic carbocycles. The van der Waals surface area contributed by atoms with Crippen molar-refractivity contribution in [3.8, 4) is 11.6 Å². The Morgan fingerprint density at radius 2 is 1.97 bits per heavy atom. The smallest absolute Gasteiger partial charge is 0.321 e. The van der Waals surface area contributed by atoms with E-state index in [1.807, 2.05) is 61.6 Å². The highest BCUT2D eigenvalue weighted by molar-refractivity contribution is 6.34. The Bertz CT molecular complexity index is 1300. The zero-order valence-electron chi connectivity index (χ0n) is 20.6. The number of nitrogens with one attached hydrogen (secondary N) is 2. The van der Waals surface area contributed by atoms with Gasteiger partial charge in [0.25, 0.3) is 5.88 Å². The number of fused-ring (bicyclic) bond motifs is 2. The second-order valence-corrected chi connectivity index (χ2v) is 10.4. The molecule has 1 unspecified atom stereocenters. The molecule has 1 spiro atoms. The van der Waals surface area contributed by atoms with Crippen LogP contribution in [-0.4, -0.2) is 71.4 Å². The summed E-state index contributed by atoms with van der Waals surface area (Å²) in [5.41, 5.74) is 2.53. The van der Waals surface area contributed by atoms with Gasteiger partial charge in [-0.3, -0.25) is 5.32 Å². The van der Waals surface area contributed by atoms with Gasteiger partial charge in [-0.05, 0) is 43.1 Å². The standard InChI is InChI=1S/C27H30ClN5O4/c1-32-13-14-36-18(15-32)16-37-25-21(28)24(33(31-25)17-7-3-2-4-8-17)30-26(35)29-22-19-9-5-6-10-20(19)27(11-12-27)23(22)34/h2-10,18,22-23,34H,11-16H2,1H3,(H2,29,30,35)/t18-,22-,23?/m1/s1. The van der Waals surface area contributed by atoms with Crippen molar-refractivity contribution in [2.75, 3.05) is 38.7 Å². The van der Waals surface area contributed by atoms with E-state index in [0.29, 0.717) is 12.3 Å². The zero-order valence-corrected chi connectivity index (χ0v) is 21.3. The van der Waals surface area contributed by atoms with E-state index in [2.05, 4.69) is 20.6 Å². The lowest BCUT2D eigenvalue weighted by atomic mass is 9.97. The van der Waals surface area contributed by atoms with E-state index in [-0.39, 0.29) is 34.8 Å². The average Bonchev–Trinajstić information content (AvgIpc) is 3.62. The molecule has 0 bridgehead atoms. The first-order valence-electron chi connectivity index (χ1n) is 12.6. The maximum Gasteiger partial charge on any atom is 0.321 e. The van der Waals surface area contributed by atoms with Gasteiger partial charge in [0.2, 0.25) is 0 Å². The number of carbonyl (C=O) groups is 1. The number of urea groups is 1. The van der Waals surface area contributed by atoms with Crippen LogP contribution in [0.3, 0.4) is 0 Å². The summed E-state index contributed by atoms with van der Waals surface area (Å²) < 4.78 is 13.3. The maximum atomic E-state index is 13.2. The number of carbonyl (C=O) groups excluding carboxylic acids is 1. The second kappa shape index (κ2) is 9.64. The third-order valence-corrected chi connectivity index (χ3v) is 7.91. The largest absolute Gasteiger partial charge is 0.473 e. The number of halogens is 1. The number of rotatable bonds is 6. The maximum absolute atomic E-state index is 13.2. The number of benzene rings is 2. The zero-order chi connectivity index (χ0) is 25.6. The number of anilines is 1. The fourth-order valence-electron chi connectivity index (χ4n) is 5.49. The molecule has 2 amide bonds. The predicted molar refractivity (Wildman–Crippen MR) is 140 cm³/mol. The SMILES string of the molecule is CN1CCO[C@@H](COc2nn(-c3ccccc3)c(NC(=O)N[C@@H]3c4ccccc4C4(CC4)C3O)c2Cl)C1. The topological polar surface area (TPSA) is 101 Å². The molecule has 3 aromatic rings. The van der Waals surface area contributed by atoms with Crippen LogP contribution in [0, 0.1) is 0 Å². The molecule has 3 aliphatic rings. The molecule has 1 aliphatic heterocycles. The summed E-state index contributed by atoms with van der Waals surface area (Å²) in [5, 5.41) is 21.7. The molecule has 2 heterocycles. The van der Waals surface area contributed by atoms with Crippen LogP contribution in [0.15, 0.2) is 54.6 Å². The number of amides is 2. The minimum Gasteiger partial charge on any atom is -0.473 e. The Balaban J connectivity index is 1.23. The summed E-state index contributed by atoms with van der Waals surface area (Å²) in [6, 6.07) is 16.3. The number of morpholine rings is 1. The third-order valence-electron chi connectivity index (χ3n) is 7.57. The van der Waals surface area contributed by atoms with E-state index >= 15 is 0 Å². The molecule has 9 nitrogen and oxygen atoms in total. The fraction of sp³-hybridized carbons (Fsp3) is 0.407. The average molecular weight is 524 g/mol. The molecule has 3 N–H and O–H groups in total. The minimum absolute atomic E-state index is 0.102. The van der Waals surface area contributed by atoms with Crippen molar-refractivity contribution < 1.29 is 19.4 Å². The number of nitrogens with zero attached hydrogens (tertiary/aromatic N) is 3. The lowest BCUT2D eigenvalue weighted by Gasteiger charge is -2.29. The summed E-state index contributed by atoms with van der Waals surface area (Å²) in [7, 11) is 2.04. The number of aliphatic hydroxyl groups excluding tert-OH is 1. The van der Waals surface area contributed by atoms with Crippen molar-refractivity contribution in [1.82, 2.24) is 20.0 Å². The predicted octanol–water partition coefficient (Wildman–Crippen LogP) is 3.50. The van der Waals surface area contributed by atoms with Crippen LogP contribution in [0.25, 0.3) is 5.69 Å². The van der Waals surface area contributed by atoms with Crippen molar-refractivity contribution in [2.24, 2.45) is 0 Å². The van der Waals surface area contributed by atoms with Gasteiger partial charge in [0.1, 0.15) is 17.7 Å². The highest BCUT2D eigenvalue weighted by Crippen LogP contribution is 2.59. The lowest BCUT2D eigenvalue weighted by Crippen LogP contribution is -2.42. The number of aliphatic hydroxyl groups is 1. The van der Waals surface area contributed by atoms with Crippen molar-refractivity contribution in [3.05, 3.63) is 70.7 Å². The molecule has 3 atom stereocenters. The summed E-state index contributed by atoms with van der Waals surface area (Å²) in [6.07, 6.45) is 1.05. The normalized spacial score (nSPS) is 24.0. The first-order valence-corrected chi connectivity index (χ1v) is 13.0. The molecule has 0 radical (unpaired) electrons. The number of ether oxygens (including phenoxy) is 2. The van der Waals surface area contributed by atoms with Gasteiger partial charge in [0.05, 0.1) is 24.4 Å². The number of hydrogen-bond acceptors (Lipinski definition) is 6. The van der Waals surface area contributed by atoms with Gasteiger partial charge >= 0.3 is 6.03 Å². The minimum atomic E-state index is -0.683. The first-order chi connectivity index (χ1) is 18.0. The molecular formula is C27H30ClN5O4. The van der Waals surface area contributed by atoms with Crippen LogP contribution < -0.4 is 15.4 Å². The van der Waals surface area contributed by atoms with Crippen LogP contribution in [0.5, 0.6) is 5.88 Å². The molecule has 10 heteroatoms. The van der Waals surface area contributed by atoms with Crippen molar-refractivity contribution in [1.29, 1.82) is 0 Å². The fourth-order valence-corrected chi connectivity index (χ4v) is 5.71. The number of hydrogen-bond donors (Lipinski definition) is 3. The van der Waals surface area contributed by atoms with E-state index in [4.69, 9.17) is 21.1 Å². The van der Waals surface area contributed by atoms with Gasteiger partial charge in [-0.1, -0.05) is 54.1 Å². The number of aromatic nitrogens is 2. The number of para-hydroxylation sites is 1. The molecule has 6 rings (SSSR count). The van der Waals surface area contributed by atoms with E-state index < -0.39 is 18.2 Å². The van der Waals surface area contributed by atoms with Crippen LogP contribution in [-0.2, 0) is 10.2 Å². The van der Waals surface area contributed by atoms with Crippen LogP contribution in [0.4, 0.5) is 10.6 Å². The molecule has 1 aromatic heterocycles. The monoisotopic (exact) mass is 523 g/mol. The van der Waals surface area contributed by atoms with E-state index in [9.17, 15) is 9.90 Å². The van der Waals surface area contributed by atoms with E-state index in [0.717, 1.165) is 37.1 Å². The number of likely N-dealkylation sites (N-methyl/N-ethyl adjacent to an activating group) is 1. The Morgan fingerprint density at radius 1 is 1.22 bits per heavy atom. The highest BCUT2D eigenvalue weighted by Gasteiger charge is 2.59. The molecule has 2 fully saturated rings. The Morgan fingerprint density at radius 3 is 2.73 bits per heavy atom. The van der Waals surface area contributed by atoms with Crippen molar-refractivity contribution in [2.45, 2.75) is 36.5 Å². The Kier molecular flexibility index (Phi) is 6.32. The lowest BCUT2D eigenvalue weighted by molar-refractivity contribution is -0.0410. The third kappa shape index (κ3) is 4.46. The first kappa shape index (κ1) is 24.2. The van der Waals surface area contributed by atoms with Crippen molar-refractivity contribution in [3.63, 3.8) is 0 Å². The molecule has 2 aromatic carbocycles. The summed E-state index contributed by atoms with van der Waals surface area (Å²) in [6.45, 7) is 2.55. The molecule has 37 heavy (non-hydrogen) atoms. The quantitative estimate of drug-likeness (QED) is 0.457. The second-order valence-electron chi connectivity index (χ2n) is 10.0. The molecule has 194 valence electrons. The van der Waals surface area contributed by atoms with Gasteiger partial charge < -0.3 is 24.8 Å². The Labute approximate surface area is 220 Å². The van der Waals surface area contributed by atoms with Gasteiger partial charge in [0.15, 0.2) is 5.82 Å². The van der Waals surface area contributed by atoms with E-state index in [1.165, 1.54) is 0 Å². The highest BCUT2D eigenvalue weighted by atomic mass is 35.5. The van der Waals surface area contributed by atoms with Gasteiger partial charge in [-0.2, -0.15) is 0 Å². The van der Waals surface area contributed by atoms with Crippen molar-refractivity contribution >= 4 is 23.4 Å². The van der Waals surface area contributed by atoms with Gasteiger partial charge in [-0.15, -0.1) is 5.10 Å². The Hall–Kier alpha value is -3.11.